The summed E-state index contributed by atoms with van der Waals surface area (Å²) in [4.78, 5) is 18.4. The van der Waals surface area contributed by atoms with Gasteiger partial charge < -0.3 is 20.5 Å². The molecule has 0 fully saturated rings. The normalized spacial score (nSPS) is 11.5. The molecule has 5 aromatic rings. The molecule has 9 nitrogen and oxygen atoms in total. The Labute approximate surface area is 220 Å². The number of carbonyl (C=O) groups excluding carboxylic acids is 1. The minimum Gasteiger partial charge on any atom is -0.349 e. The summed E-state index contributed by atoms with van der Waals surface area (Å²) in [7, 11) is 0. The summed E-state index contributed by atoms with van der Waals surface area (Å²) >= 11 is 0. The maximum absolute atomic E-state index is 13.6. The third kappa shape index (κ3) is 5.21. The van der Waals surface area contributed by atoms with E-state index < -0.39 is 0 Å². The van der Waals surface area contributed by atoms with Gasteiger partial charge in [0.2, 0.25) is 0 Å². The van der Waals surface area contributed by atoms with Crippen molar-refractivity contribution in [2.45, 2.75) is 27.3 Å². The molecule has 1 amide bonds. The molecule has 2 aromatic carbocycles. The second-order valence-corrected chi connectivity index (χ2v) is 9.22. The Morgan fingerprint density at radius 1 is 1.13 bits per heavy atom. The number of hydrogen-bond donors (Lipinski definition) is 3. The Bertz CT molecular complexity index is 1590. The van der Waals surface area contributed by atoms with Crippen LogP contribution in [0.5, 0.6) is 0 Å². The second-order valence-electron chi connectivity index (χ2n) is 9.22. The predicted molar refractivity (Wildman–Crippen MR) is 147 cm³/mol. The summed E-state index contributed by atoms with van der Waals surface area (Å²) in [6.07, 6.45) is 3.41. The van der Waals surface area contributed by atoms with Crippen LogP contribution in [0.1, 0.15) is 35.5 Å². The molecule has 0 aliphatic carbocycles. The van der Waals surface area contributed by atoms with Crippen LogP contribution in [0, 0.1) is 12.7 Å². The van der Waals surface area contributed by atoms with Crippen LogP contribution in [0.2, 0.25) is 0 Å². The van der Waals surface area contributed by atoms with E-state index in [1.165, 1.54) is 12.1 Å². The lowest BCUT2D eigenvalue weighted by Gasteiger charge is -2.17. The molecule has 0 aliphatic rings. The van der Waals surface area contributed by atoms with E-state index in [0.29, 0.717) is 24.6 Å². The maximum atomic E-state index is 13.6. The van der Waals surface area contributed by atoms with Gasteiger partial charge in [0.1, 0.15) is 11.5 Å². The van der Waals surface area contributed by atoms with Crippen molar-refractivity contribution < 1.29 is 9.18 Å². The van der Waals surface area contributed by atoms with Gasteiger partial charge in [-0.2, -0.15) is 10.2 Å². The van der Waals surface area contributed by atoms with Gasteiger partial charge in [0.25, 0.3) is 5.91 Å². The lowest BCUT2D eigenvalue weighted by atomic mass is 10.1. The summed E-state index contributed by atoms with van der Waals surface area (Å²) in [5.74, 6) is 0.148. The van der Waals surface area contributed by atoms with E-state index in [1.807, 2.05) is 35.9 Å². The van der Waals surface area contributed by atoms with Crippen molar-refractivity contribution in [1.82, 2.24) is 35.2 Å². The van der Waals surface area contributed by atoms with Gasteiger partial charge in [0, 0.05) is 29.5 Å². The van der Waals surface area contributed by atoms with Crippen molar-refractivity contribution in [1.29, 1.82) is 0 Å². The highest BCUT2D eigenvalue weighted by Gasteiger charge is 2.18. The molecule has 196 valence electrons. The zero-order chi connectivity index (χ0) is 26.6. The largest absolute Gasteiger partial charge is 0.349 e. The summed E-state index contributed by atoms with van der Waals surface area (Å²) in [6.45, 7) is 9.87. The van der Waals surface area contributed by atoms with Crippen molar-refractivity contribution in [3.63, 3.8) is 0 Å². The van der Waals surface area contributed by atoms with Gasteiger partial charge in [-0.15, -0.1) is 5.10 Å². The number of halogens is 1. The number of nitrogens with one attached hydrogen (secondary N) is 3. The highest BCUT2D eigenvalue weighted by Crippen LogP contribution is 2.30. The van der Waals surface area contributed by atoms with Gasteiger partial charge in [0.05, 0.1) is 30.0 Å². The first-order chi connectivity index (χ1) is 18.5. The fourth-order valence-corrected chi connectivity index (χ4v) is 4.72. The van der Waals surface area contributed by atoms with E-state index in [9.17, 15) is 9.18 Å². The molecule has 0 aliphatic heterocycles. The number of nitrogens with zero attached hydrogens (tertiary/aromatic N) is 5. The van der Waals surface area contributed by atoms with Crippen LogP contribution in [0.15, 0.2) is 54.9 Å². The van der Waals surface area contributed by atoms with Gasteiger partial charge in [-0.1, -0.05) is 26.0 Å². The van der Waals surface area contributed by atoms with Crippen LogP contribution in [-0.4, -0.2) is 61.9 Å². The Balaban J connectivity index is 1.35. The number of aromatic amines is 1. The van der Waals surface area contributed by atoms with Crippen LogP contribution in [0.25, 0.3) is 21.8 Å². The van der Waals surface area contributed by atoms with Gasteiger partial charge in [-0.3, -0.25) is 9.48 Å². The number of rotatable bonds is 10. The molecule has 0 spiro atoms. The van der Waals surface area contributed by atoms with Gasteiger partial charge in [0.15, 0.2) is 5.82 Å². The second kappa shape index (κ2) is 11.0. The molecule has 0 radical (unpaired) electrons. The first-order valence-electron chi connectivity index (χ1n) is 12.8. The topological polar surface area (TPSA) is 104 Å². The fourth-order valence-electron chi connectivity index (χ4n) is 4.72. The van der Waals surface area contributed by atoms with Crippen LogP contribution < -0.4 is 10.6 Å². The number of likely N-dealkylation sites (N-methyl/N-ethyl adjacent to an activating group) is 1. The lowest BCUT2D eigenvalue weighted by Crippen LogP contribution is -2.35. The molecule has 0 bridgehead atoms. The van der Waals surface area contributed by atoms with Crippen LogP contribution in [0.3, 0.4) is 0 Å². The molecule has 0 saturated carbocycles. The summed E-state index contributed by atoms with van der Waals surface area (Å²) in [5.41, 5.74) is 4.64. The minimum atomic E-state index is -0.263. The molecule has 3 N–H and O–H groups in total. The number of carbonyl (C=O) groups is 1. The van der Waals surface area contributed by atoms with Crippen molar-refractivity contribution >= 4 is 39.2 Å². The van der Waals surface area contributed by atoms with Crippen molar-refractivity contribution in [3.05, 3.63) is 77.5 Å². The smallest absolute Gasteiger partial charge is 0.268 e. The van der Waals surface area contributed by atoms with Gasteiger partial charge >= 0.3 is 0 Å². The van der Waals surface area contributed by atoms with Crippen LogP contribution in [-0.2, 0) is 6.54 Å². The highest BCUT2D eigenvalue weighted by atomic mass is 19.1. The fraction of sp³-hybridized carbons (Fsp3) is 0.286. The van der Waals surface area contributed by atoms with Gasteiger partial charge in [-0.25, -0.2) is 4.39 Å². The van der Waals surface area contributed by atoms with E-state index in [0.717, 1.165) is 58.3 Å². The molecular weight excluding hydrogens is 483 g/mol. The molecule has 0 unspecified atom stereocenters. The third-order valence-corrected chi connectivity index (χ3v) is 6.82. The monoisotopic (exact) mass is 514 g/mol. The zero-order valence-corrected chi connectivity index (χ0v) is 21.8. The summed E-state index contributed by atoms with van der Waals surface area (Å²) in [6, 6.07) is 12.4. The molecular formula is C28H31FN8O. The number of aryl methyl sites for hydroxylation is 1. The first kappa shape index (κ1) is 25.3. The standard InChI is InChI=1S/C28H31FN8O/c1-4-36(5-2)12-11-30-28(38)26-18(3)25-23(34-26)16-31-35-27(25)33-22-9-10-24-20(14-22)15-32-37(24)17-19-7-6-8-21(29)13-19/h6-10,13-16,34H,4-5,11-12,17H2,1-3H3,(H,30,38)(H,33,35). The molecule has 10 heteroatoms. The number of amides is 1. The van der Waals surface area contributed by atoms with Crippen LogP contribution >= 0.6 is 0 Å². The first-order valence-corrected chi connectivity index (χ1v) is 12.8. The molecule has 3 aromatic heterocycles. The Morgan fingerprint density at radius 3 is 2.76 bits per heavy atom. The van der Waals surface area contributed by atoms with E-state index in [4.69, 9.17) is 0 Å². The van der Waals surface area contributed by atoms with Crippen molar-refractivity contribution in [2.24, 2.45) is 0 Å². The van der Waals surface area contributed by atoms with Crippen molar-refractivity contribution in [2.75, 3.05) is 31.5 Å². The Hall–Kier alpha value is -4.31. The van der Waals surface area contributed by atoms with E-state index >= 15 is 0 Å². The molecule has 3 heterocycles. The van der Waals surface area contributed by atoms with Crippen molar-refractivity contribution in [3.8, 4) is 0 Å². The average Bonchev–Trinajstić information content (AvgIpc) is 3.47. The maximum Gasteiger partial charge on any atom is 0.268 e. The lowest BCUT2D eigenvalue weighted by molar-refractivity contribution is 0.0944. The van der Waals surface area contributed by atoms with Crippen LogP contribution in [0.4, 0.5) is 15.9 Å². The molecule has 0 atom stereocenters. The average molecular weight is 515 g/mol. The zero-order valence-electron chi connectivity index (χ0n) is 21.8. The number of fused-ring (bicyclic) bond motifs is 2. The minimum absolute atomic E-state index is 0.149. The number of hydrogen-bond acceptors (Lipinski definition) is 6. The van der Waals surface area contributed by atoms with E-state index in [-0.39, 0.29) is 11.7 Å². The van der Waals surface area contributed by atoms with E-state index in [1.54, 1.807) is 18.5 Å². The summed E-state index contributed by atoms with van der Waals surface area (Å²) < 4.78 is 15.4. The molecule has 0 saturated heterocycles. The number of anilines is 2. The number of aromatic nitrogens is 5. The number of benzene rings is 2. The Morgan fingerprint density at radius 2 is 1.97 bits per heavy atom. The van der Waals surface area contributed by atoms with E-state index in [2.05, 4.69) is 49.7 Å². The quantitative estimate of drug-likeness (QED) is 0.251. The SMILES string of the molecule is CCN(CC)CCNC(=O)c1[nH]c2cnnc(Nc3ccc4c(cnn4Cc4cccc(F)c4)c3)c2c1C. The van der Waals surface area contributed by atoms with Gasteiger partial charge in [-0.05, 0) is 61.5 Å². The molecule has 38 heavy (non-hydrogen) atoms. The third-order valence-electron chi connectivity index (χ3n) is 6.82. The molecule has 5 rings (SSSR count). The highest BCUT2D eigenvalue weighted by molar-refractivity contribution is 6.04. The number of H-pyrrole nitrogens is 1. The summed E-state index contributed by atoms with van der Waals surface area (Å²) in [5, 5.41) is 21.0. The Kier molecular flexibility index (Phi) is 7.32. The predicted octanol–water partition coefficient (Wildman–Crippen LogP) is 4.62.